The summed E-state index contributed by atoms with van der Waals surface area (Å²) in [6.07, 6.45) is 0. The van der Waals surface area contributed by atoms with Gasteiger partial charge in [-0.3, -0.25) is 4.79 Å². The molecule has 4 rings (SSSR count). The van der Waals surface area contributed by atoms with E-state index in [1.165, 1.54) is 11.1 Å². The van der Waals surface area contributed by atoms with Gasteiger partial charge in [-0.1, -0.05) is 37.6 Å². The molecule has 0 N–H and O–H groups in total. The lowest BCUT2D eigenvalue weighted by Gasteiger charge is -2.37. The van der Waals surface area contributed by atoms with Crippen molar-refractivity contribution in [3.8, 4) is 17.1 Å². The highest BCUT2D eigenvalue weighted by molar-refractivity contribution is 5.94. The summed E-state index contributed by atoms with van der Waals surface area (Å²) in [6, 6.07) is 15.6. The Hall–Kier alpha value is -3.41. The molecule has 3 aromatic rings. The van der Waals surface area contributed by atoms with E-state index in [0.717, 1.165) is 41.7 Å². The number of ether oxygens (including phenoxy) is 1. The Morgan fingerprint density at radius 1 is 0.970 bits per heavy atom. The van der Waals surface area contributed by atoms with Crippen molar-refractivity contribution >= 4 is 11.7 Å². The summed E-state index contributed by atoms with van der Waals surface area (Å²) in [5.74, 6) is 2.87. The van der Waals surface area contributed by atoms with Crippen LogP contribution in [0, 0.1) is 13.8 Å². The van der Waals surface area contributed by atoms with Gasteiger partial charge in [0.05, 0.1) is 7.11 Å². The number of rotatable bonds is 5. The maximum atomic E-state index is 13.0. The topological polar surface area (TPSA) is 58.6 Å². The third kappa shape index (κ3) is 4.85. The average molecular weight is 445 g/mol. The molecule has 6 nitrogen and oxygen atoms in total. The molecule has 1 aliphatic rings. The SMILES string of the molecule is COc1ccc(C(=O)N2CCN(c3nc(-c4cccc(C)c4)nc(C)c3C(C)C)CC2)cc1. The zero-order valence-corrected chi connectivity index (χ0v) is 20.1. The summed E-state index contributed by atoms with van der Waals surface area (Å²) in [6.45, 7) is 11.3. The Balaban J connectivity index is 1.57. The van der Waals surface area contributed by atoms with Crippen LogP contribution in [0.5, 0.6) is 5.75 Å². The average Bonchev–Trinajstić information content (AvgIpc) is 2.83. The fraction of sp³-hybridized carbons (Fsp3) is 0.370. The lowest BCUT2D eigenvalue weighted by molar-refractivity contribution is 0.0746. The molecule has 0 bridgehead atoms. The Bertz CT molecular complexity index is 1130. The van der Waals surface area contributed by atoms with Gasteiger partial charge < -0.3 is 14.5 Å². The molecule has 6 heteroatoms. The largest absolute Gasteiger partial charge is 0.497 e. The van der Waals surface area contributed by atoms with Gasteiger partial charge in [-0.2, -0.15) is 0 Å². The molecule has 0 atom stereocenters. The molecular weight excluding hydrogens is 412 g/mol. The molecular formula is C27H32N4O2. The quantitative estimate of drug-likeness (QED) is 0.563. The molecule has 2 aromatic carbocycles. The molecule has 33 heavy (non-hydrogen) atoms. The predicted molar refractivity (Wildman–Crippen MR) is 132 cm³/mol. The van der Waals surface area contributed by atoms with Crippen molar-refractivity contribution in [2.75, 3.05) is 38.2 Å². The number of aromatic nitrogens is 2. The van der Waals surface area contributed by atoms with Crippen LogP contribution in [0.1, 0.15) is 46.9 Å². The van der Waals surface area contributed by atoms with Gasteiger partial charge in [0.15, 0.2) is 5.82 Å². The van der Waals surface area contributed by atoms with Gasteiger partial charge in [-0.05, 0) is 50.1 Å². The van der Waals surface area contributed by atoms with Gasteiger partial charge in [0, 0.05) is 48.6 Å². The molecule has 1 fully saturated rings. The van der Waals surface area contributed by atoms with E-state index in [-0.39, 0.29) is 5.91 Å². The maximum Gasteiger partial charge on any atom is 0.253 e. The number of aryl methyl sites for hydroxylation is 2. The monoisotopic (exact) mass is 444 g/mol. The predicted octanol–water partition coefficient (Wildman–Crippen LogP) is 4.85. The van der Waals surface area contributed by atoms with Gasteiger partial charge in [-0.25, -0.2) is 9.97 Å². The van der Waals surface area contributed by atoms with Crippen LogP contribution in [-0.2, 0) is 0 Å². The van der Waals surface area contributed by atoms with E-state index >= 15 is 0 Å². The van der Waals surface area contributed by atoms with Crippen LogP contribution in [0.3, 0.4) is 0 Å². The first-order valence-corrected chi connectivity index (χ1v) is 11.5. The zero-order valence-electron chi connectivity index (χ0n) is 20.1. The van der Waals surface area contributed by atoms with Crippen molar-refractivity contribution in [3.05, 3.63) is 70.9 Å². The number of anilines is 1. The Kier molecular flexibility index (Phi) is 6.63. The van der Waals surface area contributed by atoms with Crippen LogP contribution in [-0.4, -0.2) is 54.1 Å². The molecule has 1 amide bonds. The highest BCUT2D eigenvalue weighted by Crippen LogP contribution is 2.31. The number of methoxy groups -OCH3 is 1. The molecule has 0 aliphatic carbocycles. The van der Waals surface area contributed by atoms with E-state index in [9.17, 15) is 4.79 Å². The Morgan fingerprint density at radius 3 is 2.27 bits per heavy atom. The minimum absolute atomic E-state index is 0.0562. The molecule has 0 radical (unpaired) electrons. The van der Waals surface area contributed by atoms with Crippen molar-refractivity contribution in [2.24, 2.45) is 0 Å². The fourth-order valence-electron chi connectivity index (χ4n) is 4.43. The molecule has 1 saturated heterocycles. The first-order valence-electron chi connectivity index (χ1n) is 11.5. The number of hydrogen-bond acceptors (Lipinski definition) is 5. The molecule has 1 aliphatic heterocycles. The van der Waals surface area contributed by atoms with Crippen molar-refractivity contribution in [2.45, 2.75) is 33.6 Å². The smallest absolute Gasteiger partial charge is 0.253 e. The Morgan fingerprint density at radius 2 is 1.67 bits per heavy atom. The van der Waals surface area contributed by atoms with Crippen molar-refractivity contribution in [1.29, 1.82) is 0 Å². The molecule has 172 valence electrons. The molecule has 2 heterocycles. The lowest BCUT2D eigenvalue weighted by Crippen LogP contribution is -2.49. The van der Waals surface area contributed by atoms with Crippen LogP contribution in [0.4, 0.5) is 5.82 Å². The van der Waals surface area contributed by atoms with Gasteiger partial charge in [0.1, 0.15) is 11.6 Å². The first kappa shape index (κ1) is 22.8. The number of piperazine rings is 1. The van der Waals surface area contributed by atoms with Crippen molar-refractivity contribution < 1.29 is 9.53 Å². The minimum Gasteiger partial charge on any atom is -0.497 e. The number of benzene rings is 2. The van der Waals surface area contributed by atoms with E-state index in [0.29, 0.717) is 24.6 Å². The summed E-state index contributed by atoms with van der Waals surface area (Å²) < 4.78 is 5.20. The summed E-state index contributed by atoms with van der Waals surface area (Å²) in [5.41, 5.74) is 5.10. The van der Waals surface area contributed by atoms with Crippen LogP contribution in [0.25, 0.3) is 11.4 Å². The van der Waals surface area contributed by atoms with Crippen LogP contribution < -0.4 is 9.64 Å². The maximum absolute atomic E-state index is 13.0. The summed E-state index contributed by atoms with van der Waals surface area (Å²) in [7, 11) is 1.63. The first-order chi connectivity index (χ1) is 15.9. The summed E-state index contributed by atoms with van der Waals surface area (Å²) in [4.78, 5) is 27.1. The normalized spacial score (nSPS) is 14.0. The van der Waals surface area contributed by atoms with Crippen LogP contribution >= 0.6 is 0 Å². The standard InChI is InChI=1S/C27H32N4O2/c1-18(2)24-20(4)28-25(22-8-6-7-19(3)17-22)29-26(24)30-13-15-31(16-14-30)27(32)21-9-11-23(33-5)12-10-21/h6-12,17-18H,13-16H2,1-5H3. The highest BCUT2D eigenvalue weighted by Gasteiger charge is 2.26. The second-order valence-electron chi connectivity index (χ2n) is 8.90. The number of carbonyl (C=O) groups is 1. The molecule has 0 unspecified atom stereocenters. The van der Waals surface area contributed by atoms with Gasteiger partial charge in [-0.15, -0.1) is 0 Å². The zero-order chi connectivity index (χ0) is 23.5. The van der Waals surface area contributed by atoms with Gasteiger partial charge in [0.25, 0.3) is 5.91 Å². The number of nitrogens with zero attached hydrogens (tertiary/aromatic N) is 4. The molecule has 0 saturated carbocycles. The molecule has 0 spiro atoms. The lowest BCUT2D eigenvalue weighted by atomic mass is 10.0. The van der Waals surface area contributed by atoms with E-state index in [4.69, 9.17) is 14.7 Å². The molecule has 1 aromatic heterocycles. The van der Waals surface area contributed by atoms with E-state index in [2.05, 4.69) is 50.8 Å². The second-order valence-corrected chi connectivity index (χ2v) is 8.90. The highest BCUT2D eigenvalue weighted by atomic mass is 16.5. The summed E-state index contributed by atoms with van der Waals surface area (Å²) >= 11 is 0. The van der Waals surface area contributed by atoms with Gasteiger partial charge >= 0.3 is 0 Å². The van der Waals surface area contributed by atoms with E-state index in [1.54, 1.807) is 7.11 Å². The summed E-state index contributed by atoms with van der Waals surface area (Å²) in [5, 5.41) is 0. The van der Waals surface area contributed by atoms with Crippen molar-refractivity contribution in [1.82, 2.24) is 14.9 Å². The third-order valence-corrected chi connectivity index (χ3v) is 6.17. The number of hydrogen-bond donors (Lipinski definition) is 0. The minimum atomic E-state index is 0.0562. The third-order valence-electron chi connectivity index (χ3n) is 6.17. The van der Waals surface area contributed by atoms with Crippen LogP contribution in [0.2, 0.25) is 0 Å². The van der Waals surface area contributed by atoms with Crippen molar-refractivity contribution in [3.63, 3.8) is 0 Å². The van der Waals surface area contributed by atoms with Crippen LogP contribution in [0.15, 0.2) is 48.5 Å². The van der Waals surface area contributed by atoms with Gasteiger partial charge in [0.2, 0.25) is 0 Å². The fourth-order valence-corrected chi connectivity index (χ4v) is 4.43. The second kappa shape index (κ2) is 9.61. The number of carbonyl (C=O) groups excluding carboxylic acids is 1. The van der Waals surface area contributed by atoms with E-state index in [1.807, 2.05) is 35.2 Å². The van der Waals surface area contributed by atoms with E-state index < -0.39 is 0 Å². The number of amides is 1. The Labute approximate surface area is 196 Å².